The fourth-order valence-electron chi connectivity index (χ4n) is 1.40. The first-order chi connectivity index (χ1) is 7.65. The number of carbonyl (C=O) groups is 2. The van der Waals surface area contributed by atoms with E-state index in [1.807, 2.05) is 6.92 Å². The van der Waals surface area contributed by atoms with Crippen molar-refractivity contribution >= 4 is 12.1 Å². The third-order valence-electron chi connectivity index (χ3n) is 2.07. The predicted octanol–water partition coefficient (Wildman–Crippen LogP) is 2.10. The van der Waals surface area contributed by atoms with Gasteiger partial charge in [-0.15, -0.1) is 0 Å². The van der Waals surface area contributed by atoms with Crippen LogP contribution in [0, 0.1) is 5.92 Å². The Morgan fingerprint density at radius 1 is 1.24 bits per heavy atom. The molecule has 100 valence electrons. The molecule has 1 unspecified atom stereocenters. The molecule has 0 aliphatic carbocycles. The van der Waals surface area contributed by atoms with E-state index in [4.69, 9.17) is 4.74 Å². The lowest BCUT2D eigenvalue weighted by Gasteiger charge is -2.22. The number of alkyl carbamates (subject to hydrolysis) is 1. The molecule has 0 bridgehead atoms. The molecule has 0 aromatic heterocycles. The highest BCUT2D eigenvalue weighted by atomic mass is 16.6. The number of ether oxygens (including phenoxy) is 2. The lowest BCUT2D eigenvalue weighted by atomic mass is 10.0. The molecule has 1 N–H and O–H groups in total. The van der Waals surface area contributed by atoms with Crippen molar-refractivity contribution in [2.24, 2.45) is 5.92 Å². The summed E-state index contributed by atoms with van der Waals surface area (Å²) in [6.45, 7) is 8.99. The van der Waals surface area contributed by atoms with E-state index in [0.717, 1.165) is 0 Å². The molecular formula is C12H23NO4. The molecule has 0 aliphatic heterocycles. The molecule has 5 heteroatoms. The third-order valence-corrected chi connectivity index (χ3v) is 2.07. The summed E-state index contributed by atoms with van der Waals surface area (Å²) in [5.41, 5.74) is -0.516. The van der Waals surface area contributed by atoms with E-state index in [-0.39, 0.29) is 17.9 Å². The van der Waals surface area contributed by atoms with Crippen LogP contribution in [-0.2, 0) is 14.3 Å². The summed E-state index contributed by atoms with van der Waals surface area (Å²) in [6.07, 6.45) is 0.0494. The van der Waals surface area contributed by atoms with Gasteiger partial charge in [0.1, 0.15) is 5.60 Å². The first-order valence-electron chi connectivity index (χ1n) is 5.73. The largest absolute Gasteiger partial charge is 0.469 e. The number of rotatable bonds is 4. The normalized spacial score (nSPS) is 14.7. The molecule has 0 spiro atoms. The van der Waals surface area contributed by atoms with E-state index in [2.05, 4.69) is 10.1 Å². The van der Waals surface area contributed by atoms with Gasteiger partial charge in [-0.1, -0.05) is 6.92 Å². The molecule has 0 aromatic carbocycles. The van der Waals surface area contributed by atoms with Crippen molar-refractivity contribution in [1.29, 1.82) is 0 Å². The Balaban J connectivity index is 4.06. The number of esters is 1. The summed E-state index contributed by atoms with van der Waals surface area (Å²) in [7, 11) is 1.35. The predicted molar refractivity (Wildman–Crippen MR) is 64.6 cm³/mol. The number of hydrogen-bond acceptors (Lipinski definition) is 4. The first kappa shape index (κ1) is 15.7. The van der Waals surface area contributed by atoms with E-state index in [0.29, 0.717) is 6.42 Å². The Morgan fingerprint density at radius 2 is 1.76 bits per heavy atom. The number of amides is 1. The Morgan fingerprint density at radius 3 is 2.18 bits per heavy atom. The Labute approximate surface area is 103 Å². The average molecular weight is 245 g/mol. The Hall–Kier alpha value is -1.26. The van der Waals surface area contributed by atoms with Gasteiger partial charge in [0, 0.05) is 6.04 Å². The van der Waals surface area contributed by atoms with E-state index in [1.54, 1.807) is 27.7 Å². The van der Waals surface area contributed by atoms with Crippen molar-refractivity contribution in [3.8, 4) is 0 Å². The molecule has 0 rings (SSSR count). The van der Waals surface area contributed by atoms with Crippen LogP contribution in [0.15, 0.2) is 0 Å². The fraction of sp³-hybridized carbons (Fsp3) is 0.833. The molecule has 2 atom stereocenters. The lowest BCUT2D eigenvalue weighted by Crippen LogP contribution is -2.39. The smallest absolute Gasteiger partial charge is 0.407 e. The first-order valence-corrected chi connectivity index (χ1v) is 5.73. The fourth-order valence-corrected chi connectivity index (χ4v) is 1.40. The molecule has 0 aliphatic rings. The van der Waals surface area contributed by atoms with E-state index in [1.165, 1.54) is 7.11 Å². The zero-order chi connectivity index (χ0) is 13.6. The van der Waals surface area contributed by atoms with Crippen LogP contribution in [0.3, 0.4) is 0 Å². The minimum Gasteiger partial charge on any atom is -0.469 e. The van der Waals surface area contributed by atoms with E-state index in [9.17, 15) is 9.59 Å². The van der Waals surface area contributed by atoms with Crippen molar-refractivity contribution < 1.29 is 19.1 Å². The zero-order valence-electron chi connectivity index (χ0n) is 11.5. The van der Waals surface area contributed by atoms with Crippen molar-refractivity contribution in [2.75, 3.05) is 7.11 Å². The number of hydrogen-bond donors (Lipinski definition) is 1. The van der Waals surface area contributed by atoms with Gasteiger partial charge in [-0.25, -0.2) is 4.79 Å². The van der Waals surface area contributed by atoms with Crippen LogP contribution >= 0.6 is 0 Å². The van der Waals surface area contributed by atoms with Crippen molar-refractivity contribution in [2.45, 2.75) is 52.7 Å². The standard InChI is InChI=1S/C12H23NO4/c1-8(10(14)16-6)7-9(2)13-11(15)17-12(3,4)5/h8-9H,7H2,1-6H3,(H,13,15)/t8?,9-/m0/s1. The van der Waals surface area contributed by atoms with Gasteiger partial charge >= 0.3 is 12.1 Å². The molecule has 0 radical (unpaired) electrons. The van der Waals surface area contributed by atoms with Gasteiger partial charge in [0.05, 0.1) is 13.0 Å². The van der Waals surface area contributed by atoms with Crippen LogP contribution in [0.2, 0.25) is 0 Å². The minimum atomic E-state index is -0.516. The summed E-state index contributed by atoms with van der Waals surface area (Å²) in [5.74, 6) is -0.521. The number of carbonyl (C=O) groups excluding carboxylic acids is 2. The Bertz CT molecular complexity index is 270. The van der Waals surface area contributed by atoms with Gasteiger partial charge in [0.2, 0.25) is 0 Å². The summed E-state index contributed by atoms with van der Waals surface area (Å²) >= 11 is 0. The Kier molecular flexibility index (Phi) is 5.99. The summed E-state index contributed by atoms with van der Waals surface area (Å²) in [5, 5.41) is 2.68. The second-order valence-corrected chi connectivity index (χ2v) is 5.21. The van der Waals surface area contributed by atoms with Crippen LogP contribution in [0.4, 0.5) is 4.79 Å². The highest BCUT2D eigenvalue weighted by Gasteiger charge is 2.21. The monoisotopic (exact) mass is 245 g/mol. The molecule has 0 saturated heterocycles. The van der Waals surface area contributed by atoms with Gasteiger partial charge in [-0.2, -0.15) is 0 Å². The van der Waals surface area contributed by atoms with Gasteiger partial charge in [0.25, 0.3) is 0 Å². The quantitative estimate of drug-likeness (QED) is 0.770. The summed E-state index contributed by atoms with van der Waals surface area (Å²) in [4.78, 5) is 22.6. The van der Waals surface area contributed by atoms with Crippen molar-refractivity contribution in [1.82, 2.24) is 5.32 Å². The van der Waals surface area contributed by atoms with Crippen molar-refractivity contribution in [3.05, 3.63) is 0 Å². The summed E-state index contributed by atoms with van der Waals surface area (Å²) in [6, 6.07) is -0.140. The molecule has 0 saturated carbocycles. The summed E-state index contributed by atoms with van der Waals surface area (Å²) < 4.78 is 9.73. The van der Waals surface area contributed by atoms with Gasteiger partial charge in [-0.05, 0) is 34.1 Å². The van der Waals surface area contributed by atoms with Crippen LogP contribution in [0.5, 0.6) is 0 Å². The third kappa shape index (κ3) is 7.60. The highest BCUT2D eigenvalue weighted by molar-refractivity contribution is 5.72. The zero-order valence-corrected chi connectivity index (χ0v) is 11.5. The van der Waals surface area contributed by atoms with Crippen LogP contribution in [-0.4, -0.2) is 30.8 Å². The van der Waals surface area contributed by atoms with E-state index >= 15 is 0 Å². The maximum absolute atomic E-state index is 11.4. The van der Waals surface area contributed by atoms with Gasteiger partial charge < -0.3 is 14.8 Å². The van der Waals surface area contributed by atoms with Gasteiger partial charge in [-0.3, -0.25) is 4.79 Å². The molecule has 0 aromatic rings. The maximum Gasteiger partial charge on any atom is 0.407 e. The van der Waals surface area contributed by atoms with Crippen LogP contribution in [0.25, 0.3) is 0 Å². The maximum atomic E-state index is 11.4. The highest BCUT2D eigenvalue weighted by Crippen LogP contribution is 2.10. The van der Waals surface area contributed by atoms with Gasteiger partial charge in [0.15, 0.2) is 0 Å². The molecule has 17 heavy (non-hydrogen) atoms. The lowest BCUT2D eigenvalue weighted by molar-refractivity contribution is -0.145. The van der Waals surface area contributed by atoms with Crippen LogP contribution in [0.1, 0.15) is 41.0 Å². The molecule has 0 heterocycles. The SMILES string of the molecule is COC(=O)C(C)C[C@H](C)NC(=O)OC(C)(C)C. The minimum absolute atomic E-state index is 0.140. The van der Waals surface area contributed by atoms with Crippen LogP contribution < -0.4 is 5.32 Å². The van der Waals surface area contributed by atoms with E-state index < -0.39 is 11.7 Å². The number of nitrogens with one attached hydrogen (secondary N) is 1. The second kappa shape index (κ2) is 6.47. The average Bonchev–Trinajstić information content (AvgIpc) is 2.12. The molecular weight excluding hydrogens is 222 g/mol. The molecule has 1 amide bonds. The topological polar surface area (TPSA) is 64.6 Å². The molecule has 0 fully saturated rings. The van der Waals surface area contributed by atoms with Crippen molar-refractivity contribution in [3.63, 3.8) is 0 Å². The molecule has 5 nitrogen and oxygen atoms in total. The second-order valence-electron chi connectivity index (χ2n) is 5.21. The number of methoxy groups -OCH3 is 1.